The van der Waals surface area contributed by atoms with E-state index in [0.29, 0.717) is 17.3 Å². The third-order valence-corrected chi connectivity index (χ3v) is 4.47. The number of nitrogens with one attached hydrogen (secondary N) is 2. The standard InChI is InChI=1S/C19H21FN6O/c1-11-5-6-13(20)9-14(11)12(2)22-16-7-8-26-18(23-16)15(10-21-26)17-24-19(3,4)27-25-17/h5-10,12H,1-4H3,(H,22,23)(H,24,25). The van der Waals surface area contributed by atoms with E-state index in [0.717, 1.165) is 16.7 Å². The second-order valence-corrected chi connectivity index (χ2v) is 7.12. The zero-order valence-corrected chi connectivity index (χ0v) is 15.6. The number of hydroxylamine groups is 1. The fourth-order valence-corrected chi connectivity index (χ4v) is 3.10. The van der Waals surface area contributed by atoms with E-state index in [1.54, 1.807) is 22.8 Å². The third-order valence-electron chi connectivity index (χ3n) is 4.47. The Morgan fingerprint density at radius 2 is 2.11 bits per heavy atom. The van der Waals surface area contributed by atoms with Gasteiger partial charge in [0.05, 0.1) is 17.8 Å². The maximum Gasteiger partial charge on any atom is 0.182 e. The van der Waals surface area contributed by atoms with Gasteiger partial charge in [-0.3, -0.25) is 0 Å². The number of rotatable bonds is 4. The summed E-state index contributed by atoms with van der Waals surface area (Å²) in [5.41, 5.74) is 5.51. The van der Waals surface area contributed by atoms with Gasteiger partial charge in [-0.05, 0) is 57.0 Å². The summed E-state index contributed by atoms with van der Waals surface area (Å²) >= 11 is 0. The summed E-state index contributed by atoms with van der Waals surface area (Å²) in [6.45, 7) is 7.67. The van der Waals surface area contributed by atoms with Crippen molar-refractivity contribution in [3.63, 3.8) is 0 Å². The van der Waals surface area contributed by atoms with Crippen LogP contribution in [0.25, 0.3) is 5.65 Å². The van der Waals surface area contributed by atoms with Gasteiger partial charge in [0.25, 0.3) is 0 Å². The molecule has 0 aliphatic carbocycles. The van der Waals surface area contributed by atoms with Gasteiger partial charge in [0.2, 0.25) is 0 Å². The molecule has 1 aliphatic rings. The van der Waals surface area contributed by atoms with Gasteiger partial charge in [0.1, 0.15) is 11.6 Å². The van der Waals surface area contributed by atoms with Crippen molar-refractivity contribution in [1.29, 1.82) is 0 Å². The highest BCUT2D eigenvalue weighted by molar-refractivity contribution is 6.03. The smallest absolute Gasteiger partial charge is 0.182 e. The zero-order chi connectivity index (χ0) is 19.2. The molecule has 2 N–H and O–H groups in total. The Bertz CT molecular complexity index is 1040. The van der Waals surface area contributed by atoms with E-state index in [1.165, 1.54) is 6.07 Å². The molecule has 0 saturated carbocycles. The Morgan fingerprint density at radius 1 is 1.30 bits per heavy atom. The van der Waals surface area contributed by atoms with Gasteiger partial charge >= 0.3 is 0 Å². The first-order valence-electron chi connectivity index (χ1n) is 8.74. The van der Waals surface area contributed by atoms with Crippen molar-refractivity contribution in [3.8, 4) is 0 Å². The van der Waals surface area contributed by atoms with Gasteiger partial charge in [-0.25, -0.2) is 29.2 Å². The molecule has 140 valence electrons. The first-order chi connectivity index (χ1) is 12.8. The number of amidine groups is 1. The molecule has 7 nitrogen and oxygen atoms in total. The zero-order valence-electron chi connectivity index (χ0n) is 15.6. The van der Waals surface area contributed by atoms with Crippen molar-refractivity contribution < 1.29 is 9.23 Å². The minimum Gasteiger partial charge on any atom is -0.363 e. The van der Waals surface area contributed by atoms with Crippen LogP contribution in [-0.4, -0.2) is 26.2 Å². The van der Waals surface area contributed by atoms with E-state index < -0.39 is 5.72 Å². The van der Waals surface area contributed by atoms with Gasteiger partial charge in [-0.1, -0.05) is 6.07 Å². The molecule has 0 amide bonds. The quantitative estimate of drug-likeness (QED) is 0.738. The molecule has 27 heavy (non-hydrogen) atoms. The molecule has 0 bridgehead atoms. The predicted octanol–water partition coefficient (Wildman–Crippen LogP) is 3.37. The first kappa shape index (κ1) is 17.4. The average Bonchev–Trinajstić information content (AvgIpc) is 3.19. The van der Waals surface area contributed by atoms with Crippen molar-refractivity contribution in [2.45, 2.75) is 39.5 Å². The van der Waals surface area contributed by atoms with Crippen LogP contribution in [0.4, 0.5) is 10.2 Å². The monoisotopic (exact) mass is 368 g/mol. The molecule has 0 fully saturated rings. The molecular weight excluding hydrogens is 347 g/mol. The average molecular weight is 368 g/mol. The summed E-state index contributed by atoms with van der Waals surface area (Å²) in [6, 6.07) is 6.52. The fourth-order valence-electron chi connectivity index (χ4n) is 3.10. The Balaban J connectivity index is 1.65. The van der Waals surface area contributed by atoms with Crippen molar-refractivity contribution in [2.24, 2.45) is 4.99 Å². The molecule has 2 aromatic heterocycles. The molecule has 3 aromatic rings. The maximum absolute atomic E-state index is 13.6. The number of aliphatic imine (C=N–C) groups is 1. The number of halogens is 1. The summed E-state index contributed by atoms with van der Waals surface area (Å²) in [6.07, 6.45) is 3.52. The Morgan fingerprint density at radius 3 is 2.85 bits per heavy atom. The largest absolute Gasteiger partial charge is 0.363 e. The highest BCUT2D eigenvalue weighted by Crippen LogP contribution is 2.24. The van der Waals surface area contributed by atoms with Gasteiger partial charge < -0.3 is 5.32 Å². The summed E-state index contributed by atoms with van der Waals surface area (Å²) in [5, 5.41) is 7.65. The van der Waals surface area contributed by atoms with Crippen LogP contribution in [0, 0.1) is 12.7 Å². The minimum atomic E-state index is -0.636. The van der Waals surface area contributed by atoms with Crippen LogP contribution in [0.5, 0.6) is 0 Å². The van der Waals surface area contributed by atoms with E-state index in [2.05, 4.69) is 25.9 Å². The SMILES string of the molecule is Cc1ccc(F)cc1C(C)Nc1ccn2ncc(C3=NC(C)(C)ON3)c2n1. The number of aromatic nitrogens is 3. The Labute approximate surface area is 156 Å². The van der Waals surface area contributed by atoms with Crippen LogP contribution in [-0.2, 0) is 4.84 Å². The normalized spacial score (nSPS) is 16.9. The summed E-state index contributed by atoms with van der Waals surface area (Å²) in [5.74, 6) is 1.01. The van der Waals surface area contributed by atoms with Gasteiger partial charge in [-0.15, -0.1) is 0 Å². The van der Waals surface area contributed by atoms with Crippen LogP contribution in [0.2, 0.25) is 0 Å². The molecule has 1 aromatic carbocycles. The van der Waals surface area contributed by atoms with Crippen LogP contribution in [0.1, 0.15) is 43.5 Å². The first-order valence-corrected chi connectivity index (χ1v) is 8.74. The van der Waals surface area contributed by atoms with E-state index >= 15 is 0 Å². The number of anilines is 1. The molecule has 0 saturated heterocycles. The number of hydrogen-bond donors (Lipinski definition) is 2. The Kier molecular flexibility index (Phi) is 4.07. The number of benzene rings is 1. The fraction of sp³-hybridized carbons (Fsp3) is 0.316. The molecule has 8 heteroatoms. The van der Waals surface area contributed by atoms with E-state index in [1.807, 2.05) is 40.0 Å². The van der Waals surface area contributed by atoms with Crippen molar-refractivity contribution in [1.82, 2.24) is 20.1 Å². The van der Waals surface area contributed by atoms with Crippen LogP contribution in [0.3, 0.4) is 0 Å². The van der Waals surface area contributed by atoms with E-state index in [-0.39, 0.29) is 11.9 Å². The minimum absolute atomic E-state index is 0.105. The van der Waals surface area contributed by atoms with Crippen LogP contribution >= 0.6 is 0 Å². The molecule has 3 heterocycles. The summed E-state index contributed by atoms with van der Waals surface area (Å²) in [4.78, 5) is 14.6. The van der Waals surface area contributed by atoms with Crippen molar-refractivity contribution in [3.05, 3.63) is 59.2 Å². The highest BCUT2D eigenvalue weighted by Gasteiger charge is 2.28. The van der Waals surface area contributed by atoms with Gasteiger partial charge in [0.15, 0.2) is 17.2 Å². The predicted molar refractivity (Wildman–Crippen MR) is 101 cm³/mol. The van der Waals surface area contributed by atoms with E-state index in [4.69, 9.17) is 4.84 Å². The van der Waals surface area contributed by atoms with E-state index in [9.17, 15) is 4.39 Å². The van der Waals surface area contributed by atoms with Gasteiger partial charge in [-0.2, -0.15) is 5.10 Å². The molecule has 4 rings (SSSR count). The second kappa shape index (κ2) is 6.31. The summed E-state index contributed by atoms with van der Waals surface area (Å²) in [7, 11) is 0. The number of hydrogen-bond acceptors (Lipinski definition) is 6. The van der Waals surface area contributed by atoms with Crippen molar-refractivity contribution >= 4 is 17.3 Å². The number of aryl methyl sites for hydroxylation is 1. The number of fused-ring (bicyclic) bond motifs is 1. The molecular formula is C19H21FN6O. The van der Waals surface area contributed by atoms with Gasteiger partial charge in [0, 0.05) is 6.20 Å². The molecule has 0 radical (unpaired) electrons. The van der Waals surface area contributed by atoms with Crippen LogP contribution in [0.15, 0.2) is 41.7 Å². The van der Waals surface area contributed by atoms with Crippen molar-refractivity contribution in [2.75, 3.05) is 5.32 Å². The van der Waals surface area contributed by atoms with Crippen LogP contribution < -0.4 is 10.8 Å². The number of nitrogens with zero attached hydrogens (tertiary/aromatic N) is 4. The lowest BCUT2D eigenvalue weighted by Gasteiger charge is -2.17. The maximum atomic E-state index is 13.6. The molecule has 1 aliphatic heterocycles. The lowest BCUT2D eigenvalue weighted by molar-refractivity contribution is -0.0269. The third kappa shape index (κ3) is 3.35. The Hall–Kier alpha value is -3.00. The lowest BCUT2D eigenvalue weighted by atomic mass is 10.0. The lowest BCUT2D eigenvalue weighted by Crippen LogP contribution is -2.23. The topological polar surface area (TPSA) is 75.8 Å². The summed E-state index contributed by atoms with van der Waals surface area (Å²) < 4.78 is 15.3. The second-order valence-electron chi connectivity index (χ2n) is 7.12. The molecule has 1 unspecified atom stereocenters. The molecule has 1 atom stereocenters. The molecule has 0 spiro atoms. The highest BCUT2D eigenvalue weighted by atomic mass is 19.1.